The van der Waals surface area contributed by atoms with E-state index in [9.17, 15) is 19.5 Å². The number of ether oxygens (including phenoxy) is 1. The Hall–Kier alpha value is -4.13. The Morgan fingerprint density at radius 2 is 1.54 bits per heavy atom. The number of carboxylic acid groups (broad SMARTS) is 1. The second kappa shape index (κ2) is 10.2. The van der Waals surface area contributed by atoms with Crippen LogP contribution in [0.25, 0.3) is 11.1 Å². The molecule has 0 aromatic heterocycles. The Bertz CT molecular complexity index is 1360. The summed E-state index contributed by atoms with van der Waals surface area (Å²) in [6.45, 7) is 0.800. The van der Waals surface area contributed by atoms with Crippen LogP contribution in [0.4, 0.5) is 4.79 Å². The molecule has 0 radical (unpaired) electrons. The molecule has 7 nitrogen and oxygen atoms in total. The first-order chi connectivity index (χ1) is 18.9. The van der Waals surface area contributed by atoms with Crippen molar-refractivity contribution in [3.63, 3.8) is 0 Å². The Kier molecular flexibility index (Phi) is 6.59. The number of hydrogen-bond acceptors (Lipinski definition) is 4. The molecule has 200 valence electrons. The number of hydrogen-bond donors (Lipinski definition) is 2. The molecule has 6 rings (SSSR count). The molecule has 3 aromatic carbocycles. The van der Waals surface area contributed by atoms with Gasteiger partial charge in [0.1, 0.15) is 6.61 Å². The van der Waals surface area contributed by atoms with Crippen molar-refractivity contribution < 1.29 is 24.2 Å². The number of benzene rings is 3. The van der Waals surface area contributed by atoms with E-state index >= 15 is 0 Å². The van der Waals surface area contributed by atoms with Crippen molar-refractivity contribution in [3.8, 4) is 11.1 Å². The number of carbonyl (C=O) groups is 3. The Labute approximate surface area is 227 Å². The van der Waals surface area contributed by atoms with Crippen LogP contribution in [0.3, 0.4) is 0 Å². The predicted molar refractivity (Wildman–Crippen MR) is 146 cm³/mol. The maximum Gasteiger partial charge on any atom is 0.407 e. The zero-order valence-corrected chi connectivity index (χ0v) is 21.7. The molecule has 39 heavy (non-hydrogen) atoms. The van der Waals surface area contributed by atoms with Gasteiger partial charge in [0.05, 0.1) is 11.8 Å². The van der Waals surface area contributed by atoms with E-state index in [0.29, 0.717) is 13.0 Å². The van der Waals surface area contributed by atoms with Crippen LogP contribution in [-0.4, -0.2) is 47.2 Å². The molecule has 0 spiro atoms. The minimum absolute atomic E-state index is 0.00515. The third-order valence-electron chi connectivity index (χ3n) is 8.60. The molecule has 0 aliphatic heterocycles. The molecule has 2 fully saturated rings. The number of aliphatic carboxylic acids is 1. The normalized spacial score (nSPS) is 22.4. The highest BCUT2D eigenvalue weighted by Gasteiger charge is 2.66. The topological polar surface area (TPSA) is 95.9 Å². The minimum Gasteiger partial charge on any atom is -0.481 e. The van der Waals surface area contributed by atoms with Crippen LogP contribution in [0.1, 0.15) is 48.3 Å². The highest BCUT2D eigenvalue weighted by molar-refractivity contribution is 5.87. The maximum absolute atomic E-state index is 13.7. The highest BCUT2D eigenvalue weighted by atomic mass is 16.5. The first-order valence-electron chi connectivity index (χ1n) is 13.6. The van der Waals surface area contributed by atoms with Gasteiger partial charge >= 0.3 is 12.1 Å². The molecule has 0 heterocycles. The van der Waals surface area contributed by atoms with Gasteiger partial charge in [0, 0.05) is 25.0 Å². The largest absolute Gasteiger partial charge is 0.481 e. The van der Waals surface area contributed by atoms with E-state index < -0.39 is 17.5 Å². The third-order valence-corrected chi connectivity index (χ3v) is 8.60. The van der Waals surface area contributed by atoms with E-state index in [4.69, 9.17) is 4.74 Å². The van der Waals surface area contributed by atoms with Gasteiger partial charge in [-0.2, -0.15) is 0 Å². The summed E-state index contributed by atoms with van der Waals surface area (Å²) >= 11 is 0. The van der Waals surface area contributed by atoms with E-state index in [0.717, 1.165) is 29.5 Å². The van der Waals surface area contributed by atoms with Gasteiger partial charge in [-0.15, -0.1) is 0 Å². The van der Waals surface area contributed by atoms with Gasteiger partial charge in [-0.3, -0.25) is 9.59 Å². The van der Waals surface area contributed by atoms with Crippen LogP contribution in [0.5, 0.6) is 0 Å². The van der Waals surface area contributed by atoms with E-state index in [-0.39, 0.29) is 43.4 Å². The summed E-state index contributed by atoms with van der Waals surface area (Å²) in [5, 5.41) is 12.2. The minimum atomic E-state index is -0.924. The van der Waals surface area contributed by atoms with E-state index in [1.54, 1.807) is 4.90 Å². The molecule has 3 aliphatic rings. The van der Waals surface area contributed by atoms with E-state index in [2.05, 4.69) is 29.6 Å². The van der Waals surface area contributed by atoms with Crippen molar-refractivity contribution >= 4 is 18.0 Å². The fourth-order valence-electron chi connectivity index (χ4n) is 6.67. The van der Waals surface area contributed by atoms with Crippen LogP contribution in [0.15, 0.2) is 78.9 Å². The Morgan fingerprint density at radius 3 is 2.21 bits per heavy atom. The lowest BCUT2D eigenvalue weighted by Gasteiger charge is -2.27. The number of nitrogens with zero attached hydrogens (tertiary/aromatic N) is 1. The van der Waals surface area contributed by atoms with Crippen LogP contribution in [0, 0.1) is 11.3 Å². The van der Waals surface area contributed by atoms with Gasteiger partial charge in [-0.05, 0) is 53.0 Å². The second-order valence-electron chi connectivity index (χ2n) is 11.0. The summed E-state index contributed by atoms with van der Waals surface area (Å²) in [6.07, 6.45) is 1.51. The molecule has 3 aromatic rings. The van der Waals surface area contributed by atoms with Crippen molar-refractivity contribution in [2.45, 2.75) is 44.2 Å². The smallest absolute Gasteiger partial charge is 0.407 e. The monoisotopic (exact) mass is 524 g/mol. The molecule has 2 saturated carbocycles. The lowest BCUT2D eigenvalue weighted by molar-refractivity contribution is -0.141. The maximum atomic E-state index is 13.7. The van der Waals surface area contributed by atoms with Crippen LogP contribution >= 0.6 is 0 Å². The lowest BCUT2D eigenvalue weighted by Crippen LogP contribution is -2.40. The summed E-state index contributed by atoms with van der Waals surface area (Å²) in [7, 11) is 0. The average Bonchev–Trinajstić information content (AvgIpc) is 3.37. The molecule has 7 heteroatoms. The zero-order valence-electron chi connectivity index (χ0n) is 21.7. The summed E-state index contributed by atoms with van der Waals surface area (Å²) in [4.78, 5) is 39.5. The number of alkyl carbamates (subject to hydrolysis) is 1. The van der Waals surface area contributed by atoms with Gasteiger partial charge in [-0.25, -0.2) is 4.79 Å². The number of carbonyl (C=O) groups excluding carboxylic acids is 2. The number of carboxylic acids is 1. The highest BCUT2D eigenvalue weighted by Crippen LogP contribution is 2.64. The SMILES string of the molecule is O=C(O)CCN(Cc1ccccc1)C(=O)C12CC(NC(=O)OCC3c4ccccc4-c4ccccc43)CC1C2. The summed E-state index contributed by atoms with van der Waals surface area (Å²) < 4.78 is 5.73. The van der Waals surface area contributed by atoms with Crippen molar-refractivity contribution in [3.05, 3.63) is 95.6 Å². The third kappa shape index (κ3) is 4.89. The molecular weight excluding hydrogens is 492 g/mol. The molecule has 0 bridgehead atoms. The van der Waals surface area contributed by atoms with Crippen molar-refractivity contribution in [2.75, 3.05) is 13.2 Å². The van der Waals surface area contributed by atoms with Crippen molar-refractivity contribution in [2.24, 2.45) is 11.3 Å². The van der Waals surface area contributed by atoms with E-state index in [1.165, 1.54) is 11.1 Å². The molecule has 2 amide bonds. The second-order valence-corrected chi connectivity index (χ2v) is 11.0. The number of amides is 2. The van der Waals surface area contributed by atoms with Crippen molar-refractivity contribution in [1.82, 2.24) is 10.2 Å². The lowest BCUT2D eigenvalue weighted by atomic mass is 9.98. The molecule has 0 saturated heterocycles. The molecule has 3 unspecified atom stereocenters. The molecule has 2 N–H and O–H groups in total. The van der Waals surface area contributed by atoms with Gasteiger partial charge in [0.15, 0.2) is 0 Å². The summed E-state index contributed by atoms with van der Waals surface area (Å²) in [5.74, 6) is -0.734. The fraction of sp³-hybridized carbons (Fsp3) is 0.344. The van der Waals surface area contributed by atoms with Gasteiger partial charge in [0.2, 0.25) is 5.91 Å². The van der Waals surface area contributed by atoms with Crippen LogP contribution < -0.4 is 5.32 Å². The molecule has 3 aliphatic carbocycles. The van der Waals surface area contributed by atoms with Crippen LogP contribution in [-0.2, 0) is 20.9 Å². The van der Waals surface area contributed by atoms with Gasteiger partial charge < -0.3 is 20.1 Å². The molecular formula is C32H32N2O5. The summed E-state index contributed by atoms with van der Waals surface area (Å²) in [5.41, 5.74) is 5.14. The average molecular weight is 525 g/mol. The fourth-order valence-corrected chi connectivity index (χ4v) is 6.67. The zero-order chi connectivity index (χ0) is 27.0. The Morgan fingerprint density at radius 1 is 0.897 bits per heavy atom. The first kappa shape index (κ1) is 25.2. The number of nitrogens with one attached hydrogen (secondary N) is 1. The predicted octanol–water partition coefficient (Wildman–Crippen LogP) is 5.20. The Balaban J connectivity index is 1.07. The quantitative estimate of drug-likeness (QED) is 0.401. The number of fused-ring (bicyclic) bond motifs is 4. The summed E-state index contributed by atoms with van der Waals surface area (Å²) in [6, 6.07) is 26.0. The first-order valence-corrected chi connectivity index (χ1v) is 13.6. The number of rotatable bonds is 9. The molecule has 3 atom stereocenters. The van der Waals surface area contributed by atoms with Crippen molar-refractivity contribution in [1.29, 1.82) is 0 Å². The standard InChI is InChI=1S/C32H32N2O5/c35-29(36)14-15-34(19-21-8-2-1-3-9-21)30(37)32-17-22(32)16-23(18-32)33-31(38)39-20-28-26-12-6-4-10-24(26)25-11-5-7-13-27(25)28/h1-13,22-23,28H,14-20H2,(H,33,38)(H,35,36). The van der Waals surface area contributed by atoms with Gasteiger partial charge in [-0.1, -0.05) is 78.9 Å². The van der Waals surface area contributed by atoms with Crippen LogP contribution in [0.2, 0.25) is 0 Å². The van der Waals surface area contributed by atoms with Gasteiger partial charge in [0.25, 0.3) is 0 Å². The van der Waals surface area contributed by atoms with E-state index in [1.807, 2.05) is 54.6 Å².